The van der Waals surface area contributed by atoms with Gasteiger partial charge in [-0.15, -0.1) is 0 Å². The van der Waals surface area contributed by atoms with Crippen LogP contribution in [0, 0.1) is 11.7 Å². The lowest BCUT2D eigenvalue weighted by molar-refractivity contribution is -0.124. The van der Waals surface area contributed by atoms with Crippen LogP contribution in [0.1, 0.15) is 12.8 Å². The number of hydrogen-bond acceptors (Lipinski definition) is 7. The molecule has 1 aromatic carbocycles. The maximum absolute atomic E-state index is 13.7. The molecule has 0 aliphatic carbocycles. The predicted molar refractivity (Wildman–Crippen MR) is 116 cm³/mol. The molecule has 3 heterocycles. The summed E-state index contributed by atoms with van der Waals surface area (Å²) in [5, 5.41) is 5.76. The minimum Gasteiger partial charge on any atom is -0.359 e. The fourth-order valence-electron chi connectivity index (χ4n) is 3.56. The molecule has 1 aliphatic rings. The Balaban J connectivity index is 1.53. The number of nitrogens with one attached hydrogen (secondary N) is 2. The molecule has 0 bridgehead atoms. The summed E-state index contributed by atoms with van der Waals surface area (Å²) in [5.74, 6) is -1.23. The number of rotatable bonds is 5. The first-order chi connectivity index (χ1) is 15.0. The van der Waals surface area contributed by atoms with Gasteiger partial charge in [-0.1, -0.05) is 23.5 Å². The Labute approximate surface area is 180 Å². The van der Waals surface area contributed by atoms with Crippen molar-refractivity contribution in [3.05, 3.63) is 46.8 Å². The summed E-state index contributed by atoms with van der Waals surface area (Å²) in [4.78, 5) is 47.8. The zero-order valence-electron chi connectivity index (χ0n) is 16.8. The fourth-order valence-corrected chi connectivity index (χ4v) is 4.56. The van der Waals surface area contributed by atoms with Gasteiger partial charge in [-0.25, -0.2) is 9.37 Å². The van der Waals surface area contributed by atoms with Gasteiger partial charge in [-0.3, -0.25) is 19.0 Å². The molecule has 4 rings (SSSR count). The third-order valence-electron chi connectivity index (χ3n) is 5.14. The number of hydrogen-bond donors (Lipinski definition) is 2. The van der Waals surface area contributed by atoms with E-state index in [9.17, 15) is 18.8 Å². The van der Waals surface area contributed by atoms with Crippen molar-refractivity contribution < 1.29 is 14.0 Å². The van der Waals surface area contributed by atoms with Gasteiger partial charge in [-0.2, -0.15) is 4.98 Å². The van der Waals surface area contributed by atoms with Crippen LogP contribution in [0.2, 0.25) is 0 Å². The minimum atomic E-state index is -0.555. The van der Waals surface area contributed by atoms with E-state index < -0.39 is 17.3 Å². The molecule has 2 N–H and O–H groups in total. The zero-order chi connectivity index (χ0) is 22.0. The molecule has 3 aromatic rings. The van der Waals surface area contributed by atoms with Gasteiger partial charge >= 0.3 is 0 Å². The van der Waals surface area contributed by atoms with Crippen molar-refractivity contribution in [2.24, 2.45) is 5.92 Å². The summed E-state index contributed by atoms with van der Waals surface area (Å²) < 4.78 is 15.2. The second-order valence-electron chi connectivity index (χ2n) is 7.25. The van der Waals surface area contributed by atoms with E-state index >= 15 is 0 Å². The summed E-state index contributed by atoms with van der Waals surface area (Å²) in [5.41, 5.74) is -0.0412. The van der Waals surface area contributed by atoms with Crippen LogP contribution >= 0.6 is 11.3 Å². The van der Waals surface area contributed by atoms with Crippen LogP contribution in [-0.2, 0) is 16.1 Å². The number of piperidine rings is 1. The van der Waals surface area contributed by atoms with Crippen molar-refractivity contribution in [1.29, 1.82) is 0 Å². The molecule has 2 aromatic heterocycles. The van der Waals surface area contributed by atoms with Gasteiger partial charge in [0.1, 0.15) is 23.4 Å². The zero-order valence-corrected chi connectivity index (χ0v) is 17.6. The number of carbonyl (C=O) groups excluding carboxylic acids is 2. The lowest BCUT2D eigenvalue weighted by atomic mass is 9.98. The average Bonchev–Trinajstić information content (AvgIpc) is 3.22. The molecule has 1 atom stereocenters. The molecule has 0 saturated carbocycles. The molecule has 2 amide bonds. The van der Waals surface area contributed by atoms with Gasteiger partial charge in [0.2, 0.25) is 11.8 Å². The van der Waals surface area contributed by atoms with Crippen molar-refractivity contribution in [2.45, 2.75) is 19.4 Å². The average molecular weight is 444 g/mol. The molecule has 9 nitrogen and oxygen atoms in total. The molecule has 0 spiro atoms. The number of carbonyl (C=O) groups is 2. The molecular weight excluding hydrogens is 423 g/mol. The third-order valence-corrected chi connectivity index (χ3v) is 6.24. The number of benzene rings is 1. The summed E-state index contributed by atoms with van der Waals surface area (Å²) >= 11 is 1.20. The number of halogens is 1. The molecule has 0 unspecified atom stereocenters. The van der Waals surface area contributed by atoms with Crippen LogP contribution in [0.5, 0.6) is 0 Å². The van der Waals surface area contributed by atoms with Gasteiger partial charge in [0, 0.05) is 20.1 Å². The molecule has 162 valence electrons. The maximum atomic E-state index is 13.7. The monoisotopic (exact) mass is 444 g/mol. The first-order valence-electron chi connectivity index (χ1n) is 9.83. The third kappa shape index (κ3) is 4.41. The topological polar surface area (TPSA) is 109 Å². The van der Waals surface area contributed by atoms with Crippen molar-refractivity contribution in [3.8, 4) is 0 Å². The minimum absolute atomic E-state index is 0.00726. The van der Waals surface area contributed by atoms with E-state index in [2.05, 4.69) is 20.6 Å². The van der Waals surface area contributed by atoms with E-state index in [-0.39, 0.29) is 24.1 Å². The van der Waals surface area contributed by atoms with Gasteiger partial charge in [0.15, 0.2) is 10.8 Å². The lowest BCUT2D eigenvalue weighted by Gasteiger charge is -2.31. The van der Waals surface area contributed by atoms with Crippen LogP contribution < -0.4 is 21.1 Å². The highest BCUT2D eigenvalue weighted by molar-refractivity contribution is 7.22. The number of para-hydroxylation sites is 1. The summed E-state index contributed by atoms with van der Waals surface area (Å²) in [6.07, 6.45) is 2.92. The number of aromatic nitrogens is 3. The molecule has 1 fully saturated rings. The summed E-state index contributed by atoms with van der Waals surface area (Å²) in [6.45, 7) is 0.969. The molecule has 1 saturated heterocycles. The first-order valence-corrected chi connectivity index (χ1v) is 10.6. The predicted octanol–water partition coefficient (Wildman–Crippen LogP) is 1.59. The smallest absolute Gasteiger partial charge is 0.273 e. The Morgan fingerprint density at radius 1 is 1.32 bits per heavy atom. The highest BCUT2D eigenvalue weighted by Crippen LogP contribution is 2.29. The largest absolute Gasteiger partial charge is 0.359 e. The van der Waals surface area contributed by atoms with E-state index in [0.717, 1.165) is 19.4 Å². The number of nitrogens with zero attached hydrogens (tertiary/aromatic N) is 4. The Kier molecular flexibility index (Phi) is 5.94. The Bertz CT molecular complexity index is 1190. The van der Waals surface area contributed by atoms with E-state index in [1.54, 1.807) is 13.1 Å². The number of thiazole rings is 1. The maximum Gasteiger partial charge on any atom is 0.273 e. The highest BCUT2D eigenvalue weighted by Gasteiger charge is 2.27. The van der Waals surface area contributed by atoms with E-state index in [4.69, 9.17) is 0 Å². The van der Waals surface area contributed by atoms with Gasteiger partial charge in [-0.05, 0) is 25.0 Å². The van der Waals surface area contributed by atoms with Crippen LogP contribution in [0.15, 0.2) is 35.4 Å². The lowest BCUT2D eigenvalue weighted by Crippen LogP contribution is -2.42. The fraction of sp³-hybridized carbons (Fsp3) is 0.350. The Morgan fingerprint density at radius 3 is 2.90 bits per heavy atom. The van der Waals surface area contributed by atoms with Gasteiger partial charge < -0.3 is 15.5 Å². The van der Waals surface area contributed by atoms with E-state index in [0.29, 0.717) is 22.0 Å². The van der Waals surface area contributed by atoms with Crippen LogP contribution in [-0.4, -0.2) is 46.5 Å². The first kappa shape index (κ1) is 20.9. The Morgan fingerprint density at radius 2 is 2.13 bits per heavy atom. The molecule has 31 heavy (non-hydrogen) atoms. The molecule has 11 heteroatoms. The van der Waals surface area contributed by atoms with Crippen molar-refractivity contribution in [1.82, 2.24) is 19.9 Å². The van der Waals surface area contributed by atoms with E-state index in [1.807, 2.05) is 4.90 Å². The quantitative estimate of drug-likeness (QED) is 0.619. The second kappa shape index (κ2) is 8.80. The van der Waals surface area contributed by atoms with Crippen molar-refractivity contribution in [3.63, 3.8) is 0 Å². The number of fused-ring (bicyclic) bond motifs is 1. The molecule has 1 aliphatic heterocycles. The number of amides is 2. The van der Waals surface area contributed by atoms with Gasteiger partial charge in [0.05, 0.1) is 11.6 Å². The van der Waals surface area contributed by atoms with E-state index in [1.165, 1.54) is 40.4 Å². The van der Waals surface area contributed by atoms with Crippen molar-refractivity contribution in [2.75, 3.05) is 30.4 Å². The second-order valence-corrected chi connectivity index (χ2v) is 8.23. The number of anilines is 2. The highest BCUT2D eigenvalue weighted by atomic mass is 32.1. The molecule has 0 radical (unpaired) electrons. The van der Waals surface area contributed by atoms with Crippen LogP contribution in [0.3, 0.4) is 0 Å². The van der Waals surface area contributed by atoms with Crippen molar-refractivity contribution >= 4 is 44.3 Å². The normalized spacial score (nSPS) is 16.3. The summed E-state index contributed by atoms with van der Waals surface area (Å²) in [7, 11) is 1.62. The molecular formula is C20H21FN6O3S. The summed E-state index contributed by atoms with van der Waals surface area (Å²) in [6, 6.07) is 5.81. The van der Waals surface area contributed by atoms with Crippen LogP contribution in [0.25, 0.3) is 10.3 Å². The standard InChI is InChI=1S/C20H21FN6O3S/c1-22-18(29)12-5-4-8-26(9-12)20-25-17-16(31-20)19(30)27(11-23-17)10-15(28)24-14-7-3-2-6-13(14)21/h2-3,6-7,11-12H,4-5,8-10H2,1H3,(H,22,29)(H,24,28)/t12-/m1/s1. The SMILES string of the molecule is CNC(=O)[C@@H]1CCCN(c2nc3ncn(CC(=O)Nc4ccccc4F)c(=O)c3s2)C1. The van der Waals surface area contributed by atoms with Gasteiger partial charge in [0.25, 0.3) is 5.56 Å². The Hall–Kier alpha value is -3.34. The van der Waals surface area contributed by atoms with Crippen LogP contribution in [0.4, 0.5) is 15.2 Å².